The minimum absolute atomic E-state index is 0.00649. The lowest BCUT2D eigenvalue weighted by Gasteiger charge is -2.32. The molecule has 1 aliphatic rings. The maximum absolute atomic E-state index is 13.5. The van der Waals surface area contributed by atoms with E-state index in [1.54, 1.807) is 13.0 Å². The summed E-state index contributed by atoms with van der Waals surface area (Å²) in [6.07, 6.45) is 1.55. The molecule has 0 aliphatic carbocycles. The molecular formula is C20H19BrClFN4O3S2. The fourth-order valence-electron chi connectivity index (χ4n) is 3.20. The number of aromatic nitrogens is 3. The summed E-state index contributed by atoms with van der Waals surface area (Å²) < 4.78 is 25.9. The minimum atomic E-state index is -0.327. The maximum atomic E-state index is 13.5. The number of benzene rings is 1. The van der Waals surface area contributed by atoms with Crippen LogP contribution in [0.3, 0.4) is 0 Å². The van der Waals surface area contributed by atoms with E-state index in [9.17, 15) is 9.18 Å². The third-order valence-corrected chi connectivity index (χ3v) is 7.68. The van der Waals surface area contributed by atoms with Gasteiger partial charge in [-0.1, -0.05) is 34.7 Å². The van der Waals surface area contributed by atoms with Crippen molar-refractivity contribution in [1.82, 2.24) is 15.0 Å². The van der Waals surface area contributed by atoms with Crippen LogP contribution in [0, 0.1) is 5.82 Å². The van der Waals surface area contributed by atoms with Crippen molar-refractivity contribution >= 4 is 72.1 Å². The number of hydrogen-bond acceptors (Lipinski definition) is 9. The number of piperidine rings is 1. The Labute approximate surface area is 205 Å². The second-order valence-corrected chi connectivity index (χ2v) is 10.1. The van der Waals surface area contributed by atoms with Crippen molar-refractivity contribution in [2.45, 2.75) is 31.0 Å². The predicted molar refractivity (Wildman–Crippen MR) is 128 cm³/mol. The van der Waals surface area contributed by atoms with E-state index in [1.807, 2.05) is 0 Å². The van der Waals surface area contributed by atoms with Gasteiger partial charge in [-0.25, -0.2) is 14.4 Å². The van der Waals surface area contributed by atoms with Gasteiger partial charge >= 0.3 is 5.97 Å². The van der Waals surface area contributed by atoms with Gasteiger partial charge in [0.15, 0.2) is 21.1 Å². The first kappa shape index (κ1) is 23.5. The first-order valence-corrected chi connectivity index (χ1v) is 12.9. The van der Waals surface area contributed by atoms with Gasteiger partial charge < -0.3 is 14.4 Å². The van der Waals surface area contributed by atoms with Crippen molar-refractivity contribution in [2.75, 3.05) is 30.3 Å². The topological polar surface area (TPSA) is 77.4 Å². The van der Waals surface area contributed by atoms with Crippen molar-refractivity contribution in [3.63, 3.8) is 0 Å². The summed E-state index contributed by atoms with van der Waals surface area (Å²) in [7, 11) is 0. The fraction of sp³-hybridized carbons (Fsp3) is 0.400. The third-order valence-electron chi connectivity index (χ3n) is 4.70. The number of anilines is 1. The number of carbonyl (C=O) groups excluding carboxylic acids is 1. The molecule has 4 rings (SSSR count). The molecule has 1 aromatic carbocycles. The van der Waals surface area contributed by atoms with Gasteiger partial charge in [0.25, 0.3) is 0 Å². The monoisotopic (exact) mass is 560 g/mol. The molecule has 0 unspecified atom stereocenters. The first-order chi connectivity index (χ1) is 15.4. The number of thioether (sulfide) groups is 1. The largest absolute Gasteiger partial charge is 0.489 e. The van der Waals surface area contributed by atoms with Crippen molar-refractivity contribution in [3.8, 4) is 5.75 Å². The summed E-state index contributed by atoms with van der Waals surface area (Å²) >= 11 is 12.4. The number of ether oxygens (including phenoxy) is 2. The lowest BCUT2D eigenvalue weighted by molar-refractivity contribution is -0.139. The summed E-state index contributed by atoms with van der Waals surface area (Å²) in [4.78, 5) is 27.1. The molecule has 12 heteroatoms. The zero-order chi connectivity index (χ0) is 22.7. The van der Waals surface area contributed by atoms with Crippen LogP contribution in [0.1, 0.15) is 19.8 Å². The van der Waals surface area contributed by atoms with Gasteiger partial charge in [-0.3, -0.25) is 4.79 Å². The van der Waals surface area contributed by atoms with E-state index >= 15 is 0 Å². The Morgan fingerprint density at radius 1 is 1.34 bits per heavy atom. The van der Waals surface area contributed by atoms with Crippen LogP contribution in [0.2, 0.25) is 5.15 Å². The molecule has 170 valence electrons. The quantitative estimate of drug-likeness (QED) is 0.165. The molecule has 2 aromatic heterocycles. The number of halogens is 3. The van der Waals surface area contributed by atoms with Gasteiger partial charge in [-0.15, -0.1) is 0 Å². The van der Waals surface area contributed by atoms with Gasteiger partial charge in [0, 0.05) is 32.0 Å². The Bertz CT molecular complexity index is 1130. The van der Waals surface area contributed by atoms with Crippen molar-refractivity contribution in [2.24, 2.45) is 0 Å². The Balaban J connectivity index is 1.40. The molecule has 1 saturated heterocycles. The lowest BCUT2D eigenvalue weighted by Crippen LogP contribution is -2.38. The lowest BCUT2D eigenvalue weighted by atomic mass is 10.1. The van der Waals surface area contributed by atoms with Crippen LogP contribution in [-0.4, -0.2) is 52.5 Å². The van der Waals surface area contributed by atoms with Crippen LogP contribution in [0.25, 0.3) is 10.3 Å². The van der Waals surface area contributed by atoms with E-state index in [1.165, 1.54) is 35.2 Å². The standard InChI is InChI=1S/C20H19BrClFN4O3S2/c1-2-29-15(28)10-31-19-24-17(22)16-18(25-19)26-20(32-16)27-7-5-12(6-8-27)30-14-9-11(23)3-4-13(14)21/h3-4,9,12H,2,5-8,10H2,1H3. The molecule has 0 spiro atoms. The molecular weight excluding hydrogens is 543 g/mol. The predicted octanol–water partition coefficient (Wildman–Crippen LogP) is 5.34. The number of hydrogen-bond donors (Lipinski definition) is 0. The summed E-state index contributed by atoms with van der Waals surface area (Å²) in [6, 6.07) is 4.43. The highest BCUT2D eigenvalue weighted by Crippen LogP contribution is 2.35. The number of nitrogens with zero attached hydrogens (tertiary/aromatic N) is 4. The molecule has 0 atom stereocenters. The first-order valence-electron chi connectivity index (χ1n) is 9.92. The van der Waals surface area contributed by atoms with E-state index in [4.69, 9.17) is 21.1 Å². The van der Waals surface area contributed by atoms with Crippen LogP contribution < -0.4 is 9.64 Å². The van der Waals surface area contributed by atoms with Crippen LogP contribution in [-0.2, 0) is 9.53 Å². The van der Waals surface area contributed by atoms with Crippen LogP contribution >= 0.6 is 50.6 Å². The van der Waals surface area contributed by atoms with Crippen LogP contribution in [0.4, 0.5) is 9.52 Å². The number of thiazole rings is 1. The normalized spacial score (nSPS) is 14.7. The molecule has 0 radical (unpaired) electrons. The van der Waals surface area contributed by atoms with Gasteiger partial charge in [0.05, 0.1) is 16.8 Å². The zero-order valence-corrected chi connectivity index (χ0v) is 21.0. The highest BCUT2D eigenvalue weighted by atomic mass is 79.9. The number of rotatable bonds is 7. The zero-order valence-electron chi connectivity index (χ0n) is 17.0. The van der Waals surface area contributed by atoms with E-state index in [0.717, 1.165) is 35.5 Å². The molecule has 1 fully saturated rings. The average molecular weight is 562 g/mol. The van der Waals surface area contributed by atoms with Crippen LogP contribution in [0.15, 0.2) is 27.8 Å². The molecule has 3 heterocycles. The van der Waals surface area contributed by atoms with Crippen molar-refractivity contribution in [1.29, 1.82) is 0 Å². The number of esters is 1. The summed E-state index contributed by atoms with van der Waals surface area (Å²) in [5.74, 6) is -0.0281. The summed E-state index contributed by atoms with van der Waals surface area (Å²) in [5, 5.41) is 1.52. The van der Waals surface area contributed by atoms with Crippen LogP contribution in [0.5, 0.6) is 5.75 Å². The molecule has 1 aliphatic heterocycles. The Hall–Kier alpha value is -1.69. The Kier molecular flexibility index (Phi) is 7.70. The van der Waals surface area contributed by atoms with Gasteiger partial charge in [-0.2, -0.15) is 4.98 Å². The molecule has 0 saturated carbocycles. The molecule has 0 N–H and O–H groups in total. The van der Waals surface area contributed by atoms with Gasteiger partial charge in [0.1, 0.15) is 22.4 Å². The molecule has 0 amide bonds. The molecule has 7 nitrogen and oxygen atoms in total. The Morgan fingerprint density at radius 2 is 2.12 bits per heavy atom. The molecule has 0 bridgehead atoms. The fourth-order valence-corrected chi connectivity index (χ4v) is 5.45. The second kappa shape index (κ2) is 10.5. The third kappa shape index (κ3) is 5.62. The smallest absolute Gasteiger partial charge is 0.316 e. The van der Waals surface area contributed by atoms with Gasteiger partial charge in [0.2, 0.25) is 0 Å². The minimum Gasteiger partial charge on any atom is -0.489 e. The van der Waals surface area contributed by atoms with E-state index in [2.05, 4.69) is 35.8 Å². The SMILES string of the molecule is CCOC(=O)CSc1nc(Cl)c2sc(N3CCC(Oc4cc(F)ccc4Br)CC3)nc2n1. The summed E-state index contributed by atoms with van der Waals surface area (Å²) in [5.41, 5.74) is 0.512. The van der Waals surface area contributed by atoms with E-state index < -0.39 is 0 Å². The van der Waals surface area contributed by atoms with E-state index in [-0.39, 0.29) is 23.6 Å². The molecule has 3 aromatic rings. The Morgan fingerprint density at radius 3 is 2.88 bits per heavy atom. The maximum Gasteiger partial charge on any atom is 0.316 e. The number of fused-ring (bicyclic) bond motifs is 1. The second-order valence-electron chi connectivity index (χ2n) is 6.92. The van der Waals surface area contributed by atoms with E-state index in [0.29, 0.717) is 33.0 Å². The van der Waals surface area contributed by atoms with Crippen molar-refractivity contribution < 1.29 is 18.7 Å². The molecule has 32 heavy (non-hydrogen) atoms. The highest BCUT2D eigenvalue weighted by molar-refractivity contribution is 9.10. The summed E-state index contributed by atoms with van der Waals surface area (Å²) in [6.45, 7) is 3.57. The van der Waals surface area contributed by atoms with Gasteiger partial charge in [-0.05, 0) is 35.0 Å². The highest BCUT2D eigenvalue weighted by Gasteiger charge is 2.24. The van der Waals surface area contributed by atoms with Crippen molar-refractivity contribution in [3.05, 3.63) is 33.6 Å². The average Bonchev–Trinajstić information content (AvgIpc) is 3.20. The number of carbonyl (C=O) groups is 1.